The first-order valence-electron chi connectivity index (χ1n) is 7.57. The first-order valence-corrected chi connectivity index (χ1v) is 7.57. The molecule has 0 aliphatic rings. The fourth-order valence-corrected chi connectivity index (χ4v) is 2.46. The van der Waals surface area contributed by atoms with E-state index in [2.05, 4.69) is 16.4 Å². The Hall–Kier alpha value is -1.94. The van der Waals surface area contributed by atoms with Gasteiger partial charge in [0, 0.05) is 44.2 Å². The second-order valence-electron chi connectivity index (χ2n) is 4.98. The van der Waals surface area contributed by atoms with Crippen molar-refractivity contribution < 1.29 is 4.79 Å². The SMILES string of the molecule is CCN(CC)C(=O)CCNCc1ccnc2ccccc12. The second-order valence-corrected chi connectivity index (χ2v) is 4.98. The maximum absolute atomic E-state index is 11.9. The molecule has 1 aromatic carbocycles. The molecule has 1 N–H and O–H groups in total. The van der Waals surface area contributed by atoms with E-state index in [1.54, 1.807) is 0 Å². The quantitative estimate of drug-likeness (QED) is 0.795. The number of rotatable bonds is 7. The Bertz CT molecular complexity index is 588. The lowest BCUT2D eigenvalue weighted by atomic mass is 10.1. The Balaban J connectivity index is 1.87. The van der Waals surface area contributed by atoms with Gasteiger partial charge in [-0.05, 0) is 31.5 Å². The standard InChI is InChI=1S/C17H23N3O/c1-3-20(4-2)17(21)10-11-18-13-14-9-12-19-16-8-6-5-7-15(14)16/h5-9,12,18H,3-4,10-11,13H2,1-2H3. The number of fused-ring (bicyclic) bond motifs is 1. The zero-order valence-corrected chi connectivity index (χ0v) is 12.8. The third kappa shape index (κ3) is 4.02. The molecule has 0 saturated heterocycles. The van der Waals surface area contributed by atoms with Gasteiger partial charge in [-0.1, -0.05) is 18.2 Å². The van der Waals surface area contributed by atoms with Crippen LogP contribution in [0.4, 0.5) is 0 Å². The largest absolute Gasteiger partial charge is 0.343 e. The Labute approximate surface area is 126 Å². The molecule has 0 bridgehead atoms. The number of carbonyl (C=O) groups excluding carboxylic acids is 1. The minimum Gasteiger partial charge on any atom is -0.343 e. The monoisotopic (exact) mass is 285 g/mol. The summed E-state index contributed by atoms with van der Waals surface area (Å²) in [6, 6.07) is 10.2. The van der Waals surface area contributed by atoms with Crippen LogP contribution in [0.1, 0.15) is 25.8 Å². The van der Waals surface area contributed by atoms with Crippen molar-refractivity contribution in [3.05, 3.63) is 42.1 Å². The Morgan fingerprint density at radius 3 is 2.71 bits per heavy atom. The molecule has 0 fully saturated rings. The van der Waals surface area contributed by atoms with E-state index in [-0.39, 0.29) is 5.91 Å². The summed E-state index contributed by atoms with van der Waals surface area (Å²) in [6.45, 7) is 7.05. The summed E-state index contributed by atoms with van der Waals surface area (Å²) in [5, 5.41) is 4.52. The number of carbonyl (C=O) groups is 1. The van der Waals surface area contributed by atoms with E-state index in [1.165, 1.54) is 10.9 Å². The van der Waals surface area contributed by atoms with Crippen LogP contribution in [0.5, 0.6) is 0 Å². The van der Waals surface area contributed by atoms with Gasteiger partial charge in [0.2, 0.25) is 5.91 Å². The van der Waals surface area contributed by atoms with Crippen molar-refractivity contribution in [1.82, 2.24) is 15.2 Å². The number of hydrogen-bond donors (Lipinski definition) is 1. The van der Waals surface area contributed by atoms with Gasteiger partial charge in [0.15, 0.2) is 0 Å². The lowest BCUT2D eigenvalue weighted by molar-refractivity contribution is -0.130. The number of hydrogen-bond acceptors (Lipinski definition) is 3. The molecule has 2 rings (SSSR count). The van der Waals surface area contributed by atoms with Gasteiger partial charge < -0.3 is 10.2 Å². The molecule has 0 atom stereocenters. The highest BCUT2D eigenvalue weighted by molar-refractivity contribution is 5.81. The summed E-state index contributed by atoms with van der Waals surface area (Å²) in [6.07, 6.45) is 2.38. The van der Waals surface area contributed by atoms with Crippen molar-refractivity contribution in [2.24, 2.45) is 0 Å². The zero-order valence-electron chi connectivity index (χ0n) is 12.8. The van der Waals surface area contributed by atoms with Gasteiger partial charge in [-0.3, -0.25) is 9.78 Å². The normalized spacial score (nSPS) is 10.8. The Morgan fingerprint density at radius 2 is 1.95 bits per heavy atom. The number of benzene rings is 1. The van der Waals surface area contributed by atoms with Gasteiger partial charge in [0.1, 0.15) is 0 Å². The Kier molecular flexibility index (Phi) is 5.69. The minimum absolute atomic E-state index is 0.215. The molecule has 0 unspecified atom stereocenters. The molecule has 112 valence electrons. The number of pyridine rings is 1. The van der Waals surface area contributed by atoms with Crippen LogP contribution < -0.4 is 5.32 Å². The summed E-state index contributed by atoms with van der Waals surface area (Å²) in [5.74, 6) is 0.215. The van der Waals surface area contributed by atoms with Crippen LogP contribution in [0, 0.1) is 0 Å². The van der Waals surface area contributed by atoms with Crippen LogP contribution in [-0.4, -0.2) is 35.4 Å². The summed E-state index contributed by atoms with van der Waals surface area (Å²) < 4.78 is 0. The molecule has 1 aromatic heterocycles. The van der Waals surface area contributed by atoms with E-state index in [9.17, 15) is 4.79 Å². The number of amides is 1. The third-order valence-corrected chi connectivity index (χ3v) is 3.69. The van der Waals surface area contributed by atoms with Crippen molar-refractivity contribution in [2.45, 2.75) is 26.8 Å². The van der Waals surface area contributed by atoms with E-state index >= 15 is 0 Å². The molecule has 0 spiro atoms. The predicted octanol–water partition coefficient (Wildman–Crippen LogP) is 2.58. The highest BCUT2D eigenvalue weighted by atomic mass is 16.2. The molecule has 4 heteroatoms. The van der Waals surface area contributed by atoms with Crippen LogP contribution in [0.15, 0.2) is 36.5 Å². The average Bonchev–Trinajstić information content (AvgIpc) is 2.53. The molecule has 0 radical (unpaired) electrons. The van der Waals surface area contributed by atoms with Crippen molar-refractivity contribution in [3.63, 3.8) is 0 Å². The van der Waals surface area contributed by atoms with Gasteiger partial charge in [0.25, 0.3) is 0 Å². The topological polar surface area (TPSA) is 45.2 Å². The zero-order chi connectivity index (χ0) is 15.1. The van der Waals surface area contributed by atoms with Crippen LogP contribution in [0.25, 0.3) is 10.9 Å². The molecule has 2 aromatic rings. The molecule has 4 nitrogen and oxygen atoms in total. The lowest BCUT2D eigenvalue weighted by Gasteiger charge is -2.18. The van der Waals surface area contributed by atoms with E-state index < -0.39 is 0 Å². The van der Waals surface area contributed by atoms with Gasteiger partial charge in [-0.2, -0.15) is 0 Å². The van der Waals surface area contributed by atoms with Gasteiger partial charge >= 0.3 is 0 Å². The van der Waals surface area contributed by atoms with Gasteiger partial charge in [0.05, 0.1) is 5.52 Å². The molecule has 0 aliphatic carbocycles. The highest BCUT2D eigenvalue weighted by Gasteiger charge is 2.08. The molecule has 21 heavy (non-hydrogen) atoms. The smallest absolute Gasteiger partial charge is 0.223 e. The minimum atomic E-state index is 0.215. The number of aromatic nitrogens is 1. The van der Waals surface area contributed by atoms with Gasteiger partial charge in [-0.15, -0.1) is 0 Å². The molecule has 1 heterocycles. The molecular formula is C17H23N3O. The Morgan fingerprint density at radius 1 is 1.19 bits per heavy atom. The summed E-state index contributed by atoms with van der Waals surface area (Å²) >= 11 is 0. The highest BCUT2D eigenvalue weighted by Crippen LogP contribution is 2.15. The van der Waals surface area contributed by atoms with Crippen molar-refractivity contribution in [2.75, 3.05) is 19.6 Å². The first kappa shape index (κ1) is 15.4. The van der Waals surface area contributed by atoms with E-state index in [4.69, 9.17) is 0 Å². The van der Waals surface area contributed by atoms with Crippen molar-refractivity contribution >= 4 is 16.8 Å². The van der Waals surface area contributed by atoms with Crippen LogP contribution in [-0.2, 0) is 11.3 Å². The molecule has 1 amide bonds. The summed E-state index contributed by atoms with van der Waals surface area (Å²) in [4.78, 5) is 18.1. The number of nitrogens with zero attached hydrogens (tertiary/aromatic N) is 2. The fraction of sp³-hybridized carbons (Fsp3) is 0.412. The van der Waals surface area contributed by atoms with E-state index in [1.807, 2.05) is 49.2 Å². The average molecular weight is 285 g/mol. The van der Waals surface area contributed by atoms with Gasteiger partial charge in [-0.25, -0.2) is 0 Å². The molecule has 0 aliphatic heterocycles. The van der Waals surface area contributed by atoms with E-state index in [0.29, 0.717) is 13.0 Å². The number of nitrogens with one attached hydrogen (secondary N) is 1. The third-order valence-electron chi connectivity index (χ3n) is 3.69. The maximum atomic E-state index is 11.9. The van der Waals surface area contributed by atoms with Crippen molar-refractivity contribution in [3.8, 4) is 0 Å². The number of para-hydroxylation sites is 1. The predicted molar refractivity (Wildman–Crippen MR) is 86.0 cm³/mol. The van der Waals surface area contributed by atoms with Crippen LogP contribution in [0.2, 0.25) is 0 Å². The van der Waals surface area contributed by atoms with Crippen LogP contribution >= 0.6 is 0 Å². The second kappa shape index (κ2) is 7.74. The molecule has 0 saturated carbocycles. The van der Waals surface area contributed by atoms with E-state index in [0.717, 1.165) is 25.2 Å². The van der Waals surface area contributed by atoms with Crippen molar-refractivity contribution in [1.29, 1.82) is 0 Å². The lowest BCUT2D eigenvalue weighted by Crippen LogP contribution is -2.32. The summed E-state index contributed by atoms with van der Waals surface area (Å²) in [5.41, 5.74) is 2.23. The first-order chi connectivity index (χ1) is 10.3. The maximum Gasteiger partial charge on any atom is 0.223 e. The fourth-order valence-electron chi connectivity index (χ4n) is 2.46. The summed E-state index contributed by atoms with van der Waals surface area (Å²) in [7, 11) is 0. The molecular weight excluding hydrogens is 262 g/mol. The van der Waals surface area contributed by atoms with Crippen LogP contribution in [0.3, 0.4) is 0 Å².